The summed E-state index contributed by atoms with van der Waals surface area (Å²) in [4.78, 5) is 0.202. The minimum absolute atomic E-state index is 0.0969. The maximum Gasteiger partial charge on any atom is 0.264 e. The number of halogens is 1. The molecule has 1 aliphatic rings. The summed E-state index contributed by atoms with van der Waals surface area (Å²) in [6, 6.07) is 9.97. The lowest BCUT2D eigenvalue weighted by molar-refractivity contribution is 0.470. The molecule has 4 nitrogen and oxygen atoms in total. The van der Waals surface area contributed by atoms with Crippen molar-refractivity contribution in [3.05, 3.63) is 52.0 Å². The summed E-state index contributed by atoms with van der Waals surface area (Å²) in [7, 11) is -3.60. The van der Waals surface area contributed by atoms with E-state index >= 15 is 0 Å². The largest absolute Gasteiger partial charge is 0.508 e. The Labute approximate surface area is 132 Å². The molecule has 0 aromatic heterocycles. The molecule has 1 heterocycles. The summed E-state index contributed by atoms with van der Waals surface area (Å²) in [6.45, 7) is 2.12. The second-order valence-electron chi connectivity index (χ2n) is 5.05. The molecule has 0 radical (unpaired) electrons. The van der Waals surface area contributed by atoms with Crippen molar-refractivity contribution < 1.29 is 13.5 Å². The molecule has 1 aliphatic heterocycles. The van der Waals surface area contributed by atoms with Crippen LogP contribution in [-0.2, 0) is 16.4 Å². The van der Waals surface area contributed by atoms with Gasteiger partial charge in [-0.05, 0) is 60.9 Å². The Balaban J connectivity index is 2.07. The maximum atomic E-state index is 12.8. The summed E-state index contributed by atoms with van der Waals surface area (Å²) in [5.74, 6) is 0.0969. The molecule has 2 aromatic carbocycles. The minimum Gasteiger partial charge on any atom is -0.508 e. The average Bonchev–Trinajstić information content (AvgIpc) is 2.85. The molecular weight excluding hydrogens is 354 g/mol. The standard InChI is InChI=1S/C15H14BrNO3S/c1-10-8-13(3-5-15(10)18)21(19,20)17-7-6-11-9-12(16)2-4-14(11)17/h2-5,8-9,18H,6-7H2,1H3. The number of anilines is 1. The average molecular weight is 368 g/mol. The molecule has 0 bridgehead atoms. The van der Waals surface area contributed by atoms with Gasteiger partial charge in [-0.2, -0.15) is 0 Å². The first-order valence-corrected chi connectivity index (χ1v) is 8.74. The summed E-state index contributed by atoms with van der Waals surface area (Å²) in [6.07, 6.45) is 0.699. The van der Waals surface area contributed by atoms with Gasteiger partial charge >= 0.3 is 0 Å². The molecule has 0 aliphatic carbocycles. The Kier molecular flexibility index (Phi) is 3.45. The molecule has 21 heavy (non-hydrogen) atoms. The van der Waals surface area contributed by atoms with E-state index in [1.807, 2.05) is 18.2 Å². The van der Waals surface area contributed by atoms with Crippen molar-refractivity contribution in [3.63, 3.8) is 0 Å². The number of phenols is 1. The highest BCUT2D eigenvalue weighted by atomic mass is 79.9. The smallest absolute Gasteiger partial charge is 0.264 e. The van der Waals surface area contributed by atoms with Crippen LogP contribution in [-0.4, -0.2) is 20.1 Å². The fourth-order valence-corrected chi connectivity index (χ4v) is 4.50. The van der Waals surface area contributed by atoms with E-state index in [1.165, 1.54) is 22.5 Å². The van der Waals surface area contributed by atoms with Crippen molar-refractivity contribution in [1.82, 2.24) is 0 Å². The van der Waals surface area contributed by atoms with Crippen LogP contribution in [0.25, 0.3) is 0 Å². The normalized spacial score (nSPS) is 14.3. The molecule has 0 spiro atoms. The van der Waals surface area contributed by atoms with Crippen LogP contribution in [0.5, 0.6) is 5.75 Å². The summed E-state index contributed by atoms with van der Waals surface area (Å²) in [5, 5.41) is 9.55. The third kappa shape index (κ3) is 2.42. The number of aromatic hydroxyl groups is 1. The van der Waals surface area contributed by atoms with E-state index < -0.39 is 10.0 Å². The van der Waals surface area contributed by atoms with E-state index in [9.17, 15) is 13.5 Å². The second kappa shape index (κ2) is 5.03. The molecule has 0 saturated carbocycles. The van der Waals surface area contributed by atoms with Crippen LogP contribution in [0.1, 0.15) is 11.1 Å². The minimum atomic E-state index is -3.60. The monoisotopic (exact) mass is 367 g/mol. The van der Waals surface area contributed by atoms with Gasteiger partial charge in [0.25, 0.3) is 10.0 Å². The number of aryl methyl sites for hydroxylation is 1. The van der Waals surface area contributed by atoms with Crippen molar-refractivity contribution >= 4 is 31.6 Å². The van der Waals surface area contributed by atoms with Crippen molar-refractivity contribution in [2.75, 3.05) is 10.8 Å². The molecule has 0 fully saturated rings. The third-order valence-corrected chi connectivity index (χ3v) is 5.95. The van der Waals surface area contributed by atoms with Crippen molar-refractivity contribution in [2.24, 2.45) is 0 Å². The molecule has 0 saturated heterocycles. The highest BCUT2D eigenvalue weighted by molar-refractivity contribution is 9.10. The number of phenolic OH excluding ortho intramolecular Hbond substituents is 1. The van der Waals surface area contributed by atoms with Crippen molar-refractivity contribution in [2.45, 2.75) is 18.2 Å². The molecule has 0 unspecified atom stereocenters. The van der Waals surface area contributed by atoms with Crippen molar-refractivity contribution in [3.8, 4) is 5.75 Å². The summed E-state index contributed by atoms with van der Waals surface area (Å²) >= 11 is 3.40. The van der Waals surface area contributed by atoms with Gasteiger partial charge in [-0.1, -0.05) is 15.9 Å². The molecule has 3 rings (SSSR count). The van der Waals surface area contributed by atoms with Crippen LogP contribution < -0.4 is 4.31 Å². The molecular formula is C15H14BrNO3S. The number of nitrogens with zero attached hydrogens (tertiary/aromatic N) is 1. The van der Waals surface area contributed by atoms with Gasteiger partial charge in [0.05, 0.1) is 10.6 Å². The maximum absolute atomic E-state index is 12.8. The van der Waals surface area contributed by atoms with Crippen LogP contribution >= 0.6 is 15.9 Å². The first-order valence-electron chi connectivity index (χ1n) is 6.50. The van der Waals surface area contributed by atoms with Crippen molar-refractivity contribution in [1.29, 1.82) is 0 Å². The van der Waals surface area contributed by atoms with Gasteiger partial charge in [0, 0.05) is 11.0 Å². The first-order chi connectivity index (χ1) is 9.89. The number of hydrogen-bond acceptors (Lipinski definition) is 3. The van der Waals surface area contributed by atoms with E-state index in [0.29, 0.717) is 18.5 Å². The van der Waals surface area contributed by atoms with Crippen LogP contribution in [0.15, 0.2) is 45.8 Å². The Hall–Kier alpha value is -1.53. The molecule has 1 N–H and O–H groups in total. The lowest BCUT2D eigenvalue weighted by Crippen LogP contribution is -2.29. The summed E-state index contributed by atoms with van der Waals surface area (Å²) in [5.41, 5.74) is 2.29. The van der Waals surface area contributed by atoms with Gasteiger partial charge in [-0.25, -0.2) is 8.42 Å². The van der Waals surface area contributed by atoms with Crippen LogP contribution in [0.4, 0.5) is 5.69 Å². The topological polar surface area (TPSA) is 57.6 Å². The summed E-state index contributed by atoms with van der Waals surface area (Å²) < 4.78 is 27.9. The fourth-order valence-electron chi connectivity index (χ4n) is 2.51. The van der Waals surface area contributed by atoms with Crippen LogP contribution in [0, 0.1) is 6.92 Å². The van der Waals surface area contributed by atoms with E-state index in [2.05, 4.69) is 15.9 Å². The third-order valence-electron chi connectivity index (χ3n) is 3.65. The predicted octanol–water partition coefficient (Wildman–Crippen LogP) is 3.21. The zero-order valence-corrected chi connectivity index (χ0v) is 13.8. The molecule has 110 valence electrons. The quantitative estimate of drug-likeness (QED) is 0.886. The Morgan fingerprint density at radius 1 is 1.19 bits per heavy atom. The fraction of sp³-hybridized carbons (Fsp3) is 0.200. The van der Waals surface area contributed by atoms with E-state index in [0.717, 1.165) is 15.7 Å². The lowest BCUT2D eigenvalue weighted by Gasteiger charge is -2.20. The van der Waals surface area contributed by atoms with Gasteiger partial charge in [0.15, 0.2) is 0 Å². The molecule has 6 heteroatoms. The van der Waals surface area contributed by atoms with E-state index in [4.69, 9.17) is 0 Å². The molecule has 0 amide bonds. The predicted molar refractivity (Wildman–Crippen MR) is 85.2 cm³/mol. The highest BCUT2D eigenvalue weighted by Crippen LogP contribution is 2.35. The molecule has 0 atom stereocenters. The number of hydrogen-bond donors (Lipinski definition) is 1. The second-order valence-corrected chi connectivity index (χ2v) is 7.83. The van der Waals surface area contributed by atoms with Gasteiger partial charge in [0.2, 0.25) is 0 Å². The number of sulfonamides is 1. The Morgan fingerprint density at radius 3 is 2.67 bits per heavy atom. The lowest BCUT2D eigenvalue weighted by atomic mass is 10.2. The first kappa shape index (κ1) is 14.4. The molecule has 2 aromatic rings. The van der Waals surface area contributed by atoms with Crippen LogP contribution in [0.3, 0.4) is 0 Å². The van der Waals surface area contributed by atoms with E-state index in [1.54, 1.807) is 6.92 Å². The Morgan fingerprint density at radius 2 is 1.95 bits per heavy atom. The Bertz CT molecular complexity index is 818. The van der Waals surface area contributed by atoms with Gasteiger partial charge < -0.3 is 5.11 Å². The van der Waals surface area contributed by atoms with Gasteiger partial charge in [-0.15, -0.1) is 0 Å². The SMILES string of the molecule is Cc1cc(S(=O)(=O)N2CCc3cc(Br)ccc32)ccc1O. The van der Waals surface area contributed by atoms with E-state index in [-0.39, 0.29) is 10.6 Å². The number of rotatable bonds is 2. The zero-order valence-electron chi connectivity index (χ0n) is 11.4. The van der Waals surface area contributed by atoms with Gasteiger partial charge in [0.1, 0.15) is 5.75 Å². The number of benzene rings is 2. The zero-order chi connectivity index (χ0) is 15.2. The van der Waals surface area contributed by atoms with Gasteiger partial charge in [-0.3, -0.25) is 4.31 Å². The number of fused-ring (bicyclic) bond motifs is 1. The highest BCUT2D eigenvalue weighted by Gasteiger charge is 2.31. The van der Waals surface area contributed by atoms with Crippen LogP contribution in [0.2, 0.25) is 0 Å².